The van der Waals surface area contributed by atoms with Crippen LogP contribution in [-0.4, -0.2) is 5.97 Å². The second-order valence-corrected chi connectivity index (χ2v) is 5.88. The molecule has 0 radical (unpaired) electrons. The molecule has 0 unspecified atom stereocenters. The van der Waals surface area contributed by atoms with Gasteiger partial charge in [-0.3, -0.25) is 4.79 Å². The average molecular weight is 292 g/mol. The minimum absolute atomic E-state index is 0.272. The zero-order valence-electron chi connectivity index (χ0n) is 13.3. The highest BCUT2D eigenvalue weighted by Crippen LogP contribution is 2.39. The molecule has 2 aromatic rings. The molecule has 0 aliphatic heterocycles. The lowest BCUT2D eigenvalue weighted by Crippen LogP contribution is -2.09. The van der Waals surface area contributed by atoms with Crippen molar-refractivity contribution in [3.63, 3.8) is 0 Å². The van der Waals surface area contributed by atoms with Gasteiger partial charge in [-0.1, -0.05) is 30.9 Å². The van der Waals surface area contributed by atoms with Crippen LogP contribution in [-0.2, 0) is 17.6 Å². The van der Waals surface area contributed by atoms with Gasteiger partial charge in [-0.15, -0.1) is 0 Å². The summed E-state index contributed by atoms with van der Waals surface area (Å²) in [5.74, 6) is 0.403. The molecule has 2 nitrogen and oxygen atoms in total. The zero-order chi connectivity index (χ0) is 15.9. The van der Waals surface area contributed by atoms with E-state index in [-0.39, 0.29) is 5.97 Å². The molecule has 22 heavy (non-hydrogen) atoms. The van der Waals surface area contributed by atoms with Crippen molar-refractivity contribution in [2.45, 2.75) is 33.6 Å². The summed E-state index contributed by atoms with van der Waals surface area (Å²) in [7, 11) is 0. The van der Waals surface area contributed by atoms with E-state index >= 15 is 0 Å². The van der Waals surface area contributed by atoms with Crippen LogP contribution in [0.5, 0.6) is 5.75 Å². The van der Waals surface area contributed by atoms with Crippen molar-refractivity contribution in [1.82, 2.24) is 0 Å². The maximum Gasteiger partial charge on any atom is 0.308 e. The van der Waals surface area contributed by atoms with Gasteiger partial charge in [-0.25, -0.2) is 0 Å². The van der Waals surface area contributed by atoms with Crippen molar-refractivity contribution in [3.05, 3.63) is 58.7 Å². The number of hydrogen-bond acceptors (Lipinski definition) is 2. The van der Waals surface area contributed by atoms with E-state index in [4.69, 9.17) is 4.74 Å². The second kappa shape index (κ2) is 5.45. The first kappa shape index (κ1) is 14.6. The average Bonchev–Trinajstić information content (AvgIpc) is 2.49. The van der Waals surface area contributed by atoms with Crippen molar-refractivity contribution < 1.29 is 9.53 Å². The maximum absolute atomic E-state index is 11.2. The van der Waals surface area contributed by atoms with Gasteiger partial charge in [0.25, 0.3) is 0 Å². The molecular formula is C20H20O2. The lowest BCUT2D eigenvalue weighted by atomic mass is 9.81. The highest BCUT2D eigenvalue weighted by Gasteiger charge is 2.20. The van der Waals surface area contributed by atoms with E-state index in [0.717, 1.165) is 18.4 Å². The molecule has 0 amide bonds. The summed E-state index contributed by atoms with van der Waals surface area (Å²) in [6.45, 7) is 9.48. The number of aryl methyl sites for hydroxylation is 2. The third kappa shape index (κ3) is 2.35. The Balaban J connectivity index is 2.15. The molecule has 2 aromatic carbocycles. The fourth-order valence-electron chi connectivity index (χ4n) is 3.28. The van der Waals surface area contributed by atoms with E-state index in [0.29, 0.717) is 5.75 Å². The van der Waals surface area contributed by atoms with Gasteiger partial charge < -0.3 is 4.74 Å². The van der Waals surface area contributed by atoms with Gasteiger partial charge in [0.15, 0.2) is 0 Å². The lowest BCUT2D eigenvalue weighted by Gasteiger charge is -2.24. The summed E-state index contributed by atoms with van der Waals surface area (Å²) in [6, 6.07) is 8.47. The quantitative estimate of drug-likeness (QED) is 0.595. The van der Waals surface area contributed by atoms with E-state index in [1.54, 1.807) is 0 Å². The SMILES string of the molecule is C=Cc1cc2c(cc1C)-c1ccc(OC(C)=O)c(C)c1CC2. The van der Waals surface area contributed by atoms with Crippen LogP contribution in [0.25, 0.3) is 17.2 Å². The molecule has 0 bridgehead atoms. The monoisotopic (exact) mass is 292 g/mol. The van der Waals surface area contributed by atoms with Gasteiger partial charge in [0.2, 0.25) is 0 Å². The van der Waals surface area contributed by atoms with Crippen molar-refractivity contribution in [2.75, 3.05) is 0 Å². The zero-order valence-corrected chi connectivity index (χ0v) is 13.3. The van der Waals surface area contributed by atoms with Crippen LogP contribution in [0.15, 0.2) is 30.8 Å². The molecule has 0 saturated heterocycles. The number of carbonyl (C=O) groups is 1. The Morgan fingerprint density at radius 1 is 1.18 bits per heavy atom. The molecule has 112 valence electrons. The molecule has 0 aromatic heterocycles. The number of fused-ring (bicyclic) bond motifs is 3. The normalized spacial score (nSPS) is 12.3. The molecule has 0 fully saturated rings. The first-order chi connectivity index (χ1) is 10.5. The molecule has 0 saturated carbocycles. The molecule has 1 aliphatic carbocycles. The van der Waals surface area contributed by atoms with Gasteiger partial charge in [0.05, 0.1) is 0 Å². The first-order valence-corrected chi connectivity index (χ1v) is 7.58. The van der Waals surface area contributed by atoms with Gasteiger partial charge in [0.1, 0.15) is 5.75 Å². The highest BCUT2D eigenvalue weighted by atomic mass is 16.5. The summed E-state index contributed by atoms with van der Waals surface area (Å²) in [4.78, 5) is 11.2. The van der Waals surface area contributed by atoms with Crippen LogP contribution in [0.4, 0.5) is 0 Å². The fourth-order valence-corrected chi connectivity index (χ4v) is 3.28. The minimum Gasteiger partial charge on any atom is -0.426 e. The topological polar surface area (TPSA) is 26.3 Å². The molecular weight excluding hydrogens is 272 g/mol. The van der Waals surface area contributed by atoms with Crippen molar-refractivity contribution in [3.8, 4) is 16.9 Å². The van der Waals surface area contributed by atoms with E-state index in [1.807, 2.05) is 19.1 Å². The number of esters is 1. The number of rotatable bonds is 2. The van der Waals surface area contributed by atoms with Crippen LogP contribution < -0.4 is 4.74 Å². The number of carbonyl (C=O) groups excluding carboxylic acids is 1. The molecule has 0 spiro atoms. The third-order valence-electron chi connectivity index (χ3n) is 4.45. The molecule has 3 rings (SSSR count). The Kier molecular flexibility index (Phi) is 3.61. The van der Waals surface area contributed by atoms with Crippen LogP contribution >= 0.6 is 0 Å². The summed E-state index contributed by atoms with van der Waals surface area (Å²) in [6.07, 6.45) is 3.90. The van der Waals surface area contributed by atoms with Gasteiger partial charge in [0, 0.05) is 6.92 Å². The molecule has 0 atom stereocenters. The number of hydrogen-bond donors (Lipinski definition) is 0. The lowest BCUT2D eigenvalue weighted by molar-refractivity contribution is -0.131. The van der Waals surface area contributed by atoms with Crippen molar-refractivity contribution >= 4 is 12.0 Å². The predicted octanol–water partition coefficient (Wildman–Crippen LogP) is 4.64. The van der Waals surface area contributed by atoms with Crippen LogP contribution in [0.1, 0.15) is 34.7 Å². The molecule has 0 heterocycles. The van der Waals surface area contributed by atoms with Crippen LogP contribution in [0, 0.1) is 13.8 Å². The Morgan fingerprint density at radius 2 is 1.95 bits per heavy atom. The molecule has 0 N–H and O–H groups in total. The van der Waals surface area contributed by atoms with E-state index in [1.165, 1.54) is 40.3 Å². The van der Waals surface area contributed by atoms with Crippen molar-refractivity contribution in [2.24, 2.45) is 0 Å². The summed E-state index contributed by atoms with van der Waals surface area (Å²) >= 11 is 0. The van der Waals surface area contributed by atoms with Crippen LogP contribution in [0.2, 0.25) is 0 Å². The predicted molar refractivity (Wildman–Crippen MR) is 90.2 cm³/mol. The van der Waals surface area contributed by atoms with Crippen LogP contribution in [0.3, 0.4) is 0 Å². The largest absolute Gasteiger partial charge is 0.426 e. The van der Waals surface area contributed by atoms with Gasteiger partial charge in [-0.05, 0) is 71.7 Å². The number of benzene rings is 2. The Labute approximate surface area is 131 Å². The Morgan fingerprint density at radius 3 is 2.64 bits per heavy atom. The summed E-state index contributed by atoms with van der Waals surface area (Å²) < 4.78 is 5.31. The Hall–Kier alpha value is -2.35. The number of ether oxygens (including phenoxy) is 1. The Bertz CT molecular complexity index is 785. The minimum atomic E-state index is -0.272. The fraction of sp³-hybridized carbons (Fsp3) is 0.250. The van der Waals surface area contributed by atoms with Gasteiger partial charge >= 0.3 is 5.97 Å². The van der Waals surface area contributed by atoms with Gasteiger partial charge in [-0.2, -0.15) is 0 Å². The van der Waals surface area contributed by atoms with E-state index < -0.39 is 0 Å². The summed E-state index contributed by atoms with van der Waals surface area (Å²) in [5, 5.41) is 0. The first-order valence-electron chi connectivity index (χ1n) is 7.58. The molecule has 2 heteroatoms. The standard InChI is InChI=1S/C20H20O2/c1-5-15-11-16-6-7-17-13(3)20(22-14(4)21)9-8-18(17)19(16)10-12(15)2/h5,8-11H,1,6-7H2,2-4H3. The maximum atomic E-state index is 11.2. The highest BCUT2D eigenvalue weighted by molar-refractivity contribution is 5.79. The van der Waals surface area contributed by atoms with E-state index in [2.05, 4.69) is 31.7 Å². The molecule has 1 aliphatic rings. The second-order valence-electron chi connectivity index (χ2n) is 5.88. The van der Waals surface area contributed by atoms with E-state index in [9.17, 15) is 4.79 Å². The third-order valence-corrected chi connectivity index (χ3v) is 4.45. The smallest absolute Gasteiger partial charge is 0.308 e. The summed E-state index contributed by atoms with van der Waals surface area (Å²) in [5.41, 5.74) is 8.72. The van der Waals surface area contributed by atoms with Crippen molar-refractivity contribution in [1.29, 1.82) is 0 Å².